The van der Waals surface area contributed by atoms with Crippen LogP contribution in [-0.4, -0.2) is 11.0 Å². The van der Waals surface area contributed by atoms with Crippen molar-refractivity contribution in [3.8, 4) is 0 Å². The molecule has 0 atom stereocenters. The Balaban J connectivity index is 0.000000720. The van der Waals surface area contributed by atoms with Crippen molar-refractivity contribution in [3.05, 3.63) is 24.1 Å². The van der Waals surface area contributed by atoms with Crippen molar-refractivity contribution in [1.29, 1.82) is 0 Å². The van der Waals surface area contributed by atoms with E-state index in [1.807, 2.05) is 0 Å². The summed E-state index contributed by atoms with van der Waals surface area (Å²) < 4.78 is 4.93. The third-order valence-electron chi connectivity index (χ3n) is 1.46. The Morgan fingerprint density at radius 1 is 1.58 bits per heavy atom. The second-order valence-corrected chi connectivity index (χ2v) is 2.17. The van der Waals surface area contributed by atoms with Crippen LogP contribution < -0.4 is 34.7 Å². The van der Waals surface area contributed by atoms with Gasteiger partial charge in [0.25, 0.3) is 0 Å². The second kappa shape index (κ2) is 3.35. The van der Waals surface area contributed by atoms with E-state index in [2.05, 4.69) is 4.98 Å². The molecule has 0 aromatic carbocycles. The van der Waals surface area contributed by atoms with Crippen LogP contribution in [0, 0.1) is 0 Å². The first-order chi connectivity index (χ1) is 5.27. The molecule has 5 heteroatoms. The summed E-state index contributed by atoms with van der Waals surface area (Å²) in [6, 6.07) is 3.05. The van der Waals surface area contributed by atoms with E-state index >= 15 is 0 Å². The summed E-state index contributed by atoms with van der Waals surface area (Å²) in [4.78, 5) is 12.9. The molecule has 2 heterocycles. The van der Waals surface area contributed by atoms with E-state index in [4.69, 9.17) is 4.42 Å². The maximum absolute atomic E-state index is 10.3. The van der Waals surface area contributed by atoms with E-state index in [1.165, 1.54) is 12.3 Å². The van der Waals surface area contributed by atoms with Gasteiger partial charge in [0.1, 0.15) is 0 Å². The number of hydrogen-bond donors (Lipinski definition) is 1. The minimum atomic E-state index is -1.23. The van der Waals surface area contributed by atoms with Crippen molar-refractivity contribution in [1.82, 2.24) is 4.98 Å². The molecule has 2 rings (SSSR count). The molecule has 0 aliphatic rings. The van der Waals surface area contributed by atoms with Gasteiger partial charge in [-0.1, -0.05) is 0 Å². The zero-order valence-electron chi connectivity index (χ0n) is 6.46. The Bertz CT molecular complexity index is 375. The first-order valence-electron chi connectivity index (χ1n) is 3.05. The van der Waals surface area contributed by atoms with Gasteiger partial charge in [0.2, 0.25) is 0 Å². The van der Waals surface area contributed by atoms with Crippen molar-refractivity contribution in [2.75, 3.05) is 0 Å². The molecule has 12 heavy (non-hydrogen) atoms. The fourth-order valence-electron chi connectivity index (χ4n) is 0.958. The molecule has 0 unspecified atom stereocenters. The predicted molar refractivity (Wildman–Crippen MR) is 34.9 cm³/mol. The molecule has 0 bridgehead atoms. The third-order valence-corrected chi connectivity index (χ3v) is 1.46. The number of nitrogens with one attached hydrogen (secondary N) is 1. The molecule has 0 aliphatic heterocycles. The number of aromatic amines is 1. The number of furan rings is 1. The maximum atomic E-state index is 10.3. The summed E-state index contributed by atoms with van der Waals surface area (Å²) >= 11 is 0. The number of aromatic carboxylic acids is 1. The summed E-state index contributed by atoms with van der Waals surface area (Å²) in [5.41, 5.74) is 1.24. The summed E-state index contributed by atoms with van der Waals surface area (Å²) in [6.45, 7) is 0. The zero-order chi connectivity index (χ0) is 7.84. The fourth-order valence-corrected chi connectivity index (χ4v) is 0.958. The largest absolute Gasteiger partial charge is 1.00 e. The molecule has 2 aromatic heterocycles. The molecule has 2 aromatic rings. The van der Waals surface area contributed by atoms with E-state index < -0.39 is 5.97 Å². The molecule has 0 saturated carbocycles. The fraction of sp³-hybridized carbons (Fsp3) is 0. The Kier molecular flexibility index (Phi) is 2.62. The van der Waals surface area contributed by atoms with Gasteiger partial charge < -0.3 is 19.3 Å². The molecular weight excluding hydrogens is 169 g/mol. The van der Waals surface area contributed by atoms with E-state index in [1.54, 1.807) is 6.07 Å². The van der Waals surface area contributed by atoms with Crippen LogP contribution in [0.15, 0.2) is 22.8 Å². The van der Waals surface area contributed by atoms with Crippen LogP contribution in [0.25, 0.3) is 11.1 Å². The predicted octanol–water partition coefficient (Wildman–Crippen LogP) is -2.87. The molecular formula is C7H4NNaO3. The van der Waals surface area contributed by atoms with Crippen molar-refractivity contribution >= 4 is 17.1 Å². The second-order valence-electron chi connectivity index (χ2n) is 2.17. The number of carboxylic acid groups (broad SMARTS) is 1. The normalized spacial score (nSPS) is 9.67. The molecule has 56 valence electrons. The number of hydrogen-bond acceptors (Lipinski definition) is 3. The zero-order valence-corrected chi connectivity index (χ0v) is 8.46. The first kappa shape index (κ1) is 9.38. The van der Waals surface area contributed by atoms with Crippen LogP contribution in [0.2, 0.25) is 0 Å². The molecule has 0 aliphatic carbocycles. The molecule has 0 saturated heterocycles. The topological polar surface area (TPSA) is 69.1 Å². The smallest absolute Gasteiger partial charge is 0.543 e. The van der Waals surface area contributed by atoms with Gasteiger partial charge in [-0.05, 0) is 0 Å². The van der Waals surface area contributed by atoms with Crippen molar-refractivity contribution in [3.63, 3.8) is 0 Å². The van der Waals surface area contributed by atoms with Crippen LogP contribution in [0.4, 0.5) is 0 Å². The van der Waals surface area contributed by atoms with E-state index in [-0.39, 0.29) is 35.3 Å². The van der Waals surface area contributed by atoms with Gasteiger partial charge in [-0.25, -0.2) is 0 Å². The molecule has 1 N–H and O–H groups in total. The van der Waals surface area contributed by atoms with E-state index in [9.17, 15) is 9.90 Å². The summed E-state index contributed by atoms with van der Waals surface area (Å²) in [5, 5.41) is 10.3. The number of carbonyl (C=O) groups is 1. The van der Waals surface area contributed by atoms with Crippen LogP contribution in [0.1, 0.15) is 10.5 Å². The van der Waals surface area contributed by atoms with Crippen molar-refractivity contribution in [2.24, 2.45) is 0 Å². The van der Waals surface area contributed by atoms with Gasteiger partial charge in [-0.3, -0.25) is 0 Å². The summed E-state index contributed by atoms with van der Waals surface area (Å²) in [7, 11) is 0. The van der Waals surface area contributed by atoms with Crippen LogP contribution in [-0.2, 0) is 0 Å². The Labute approximate surface area is 89.9 Å². The SMILES string of the molecule is O=C([O-])c1cc2occc2[nH]1.[Na+]. The molecule has 0 amide bonds. The van der Waals surface area contributed by atoms with Crippen LogP contribution in [0.3, 0.4) is 0 Å². The average Bonchev–Trinajstić information content (AvgIpc) is 2.40. The van der Waals surface area contributed by atoms with Crippen LogP contribution in [0.5, 0.6) is 0 Å². The van der Waals surface area contributed by atoms with Crippen LogP contribution >= 0.6 is 0 Å². The number of rotatable bonds is 1. The number of fused-ring (bicyclic) bond motifs is 1. The number of aromatic nitrogens is 1. The van der Waals surface area contributed by atoms with Gasteiger partial charge in [-0.15, -0.1) is 0 Å². The Morgan fingerprint density at radius 2 is 2.33 bits per heavy atom. The minimum Gasteiger partial charge on any atom is -0.543 e. The third kappa shape index (κ3) is 1.41. The Morgan fingerprint density at radius 3 is 2.92 bits per heavy atom. The van der Waals surface area contributed by atoms with Crippen molar-refractivity contribution in [2.45, 2.75) is 0 Å². The molecule has 4 nitrogen and oxygen atoms in total. The van der Waals surface area contributed by atoms with E-state index in [0.29, 0.717) is 11.1 Å². The minimum absolute atomic E-state index is 0. The quantitative estimate of drug-likeness (QED) is 0.471. The standard InChI is InChI=1S/C7H5NO3.Na/c9-7(10)5-3-6-4(8-5)1-2-11-6;/h1-3,8H,(H,9,10);/q;+1/p-1. The monoisotopic (exact) mass is 173 g/mol. The van der Waals surface area contributed by atoms with Gasteiger partial charge in [0.05, 0.1) is 23.4 Å². The molecule has 0 fully saturated rings. The Hall–Kier alpha value is -0.710. The van der Waals surface area contributed by atoms with E-state index in [0.717, 1.165) is 0 Å². The average molecular weight is 173 g/mol. The van der Waals surface area contributed by atoms with Crippen molar-refractivity contribution < 1.29 is 43.9 Å². The molecule has 0 radical (unpaired) electrons. The number of carboxylic acids is 1. The van der Waals surface area contributed by atoms with Gasteiger partial charge in [-0.2, -0.15) is 0 Å². The van der Waals surface area contributed by atoms with Gasteiger partial charge in [0, 0.05) is 12.1 Å². The summed E-state index contributed by atoms with van der Waals surface area (Å²) in [6.07, 6.45) is 1.49. The maximum Gasteiger partial charge on any atom is 1.00 e. The first-order valence-corrected chi connectivity index (χ1v) is 3.05. The molecule has 0 spiro atoms. The number of carbonyl (C=O) groups excluding carboxylic acids is 1. The summed E-state index contributed by atoms with van der Waals surface area (Å²) in [5.74, 6) is -1.23. The number of H-pyrrole nitrogens is 1. The van der Waals surface area contributed by atoms with Gasteiger partial charge >= 0.3 is 29.6 Å². The van der Waals surface area contributed by atoms with Gasteiger partial charge in [0.15, 0.2) is 5.58 Å².